The molecular formula is C17H17NO2. The molecule has 0 saturated carbocycles. The van der Waals surface area contributed by atoms with Crippen LogP contribution in [-0.2, 0) is 4.79 Å². The van der Waals surface area contributed by atoms with Gasteiger partial charge in [-0.2, -0.15) is 0 Å². The molecule has 1 N–H and O–H groups in total. The van der Waals surface area contributed by atoms with Crippen LogP contribution in [0.1, 0.15) is 12.5 Å². The van der Waals surface area contributed by atoms with Gasteiger partial charge in [0.15, 0.2) is 0 Å². The fraction of sp³-hybridized carbons (Fsp3) is 0.118. The molecule has 0 radical (unpaired) electrons. The molecule has 0 bridgehead atoms. The fourth-order valence-corrected chi connectivity index (χ4v) is 1.78. The molecule has 0 saturated heterocycles. The first-order valence-electron chi connectivity index (χ1n) is 6.55. The first-order valence-corrected chi connectivity index (χ1v) is 6.55. The van der Waals surface area contributed by atoms with Crippen molar-refractivity contribution in [3.63, 3.8) is 0 Å². The predicted octanol–water partition coefficient (Wildman–Crippen LogP) is 3.74. The molecule has 0 aromatic heterocycles. The SMILES string of the molecule is CCOc1ccccc1/C=C/C(=O)Nc1ccccc1. The summed E-state index contributed by atoms with van der Waals surface area (Å²) in [5.41, 5.74) is 1.66. The zero-order valence-electron chi connectivity index (χ0n) is 11.4. The molecule has 20 heavy (non-hydrogen) atoms. The van der Waals surface area contributed by atoms with Gasteiger partial charge in [0, 0.05) is 17.3 Å². The second-order valence-corrected chi connectivity index (χ2v) is 4.16. The highest BCUT2D eigenvalue weighted by Crippen LogP contribution is 2.19. The Morgan fingerprint density at radius 2 is 1.80 bits per heavy atom. The summed E-state index contributed by atoms with van der Waals surface area (Å²) in [7, 11) is 0. The largest absolute Gasteiger partial charge is 0.493 e. The van der Waals surface area contributed by atoms with Crippen LogP contribution in [0.4, 0.5) is 5.69 Å². The van der Waals surface area contributed by atoms with Crippen molar-refractivity contribution in [1.82, 2.24) is 0 Å². The third-order valence-electron chi connectivity index (χ3n) is 2.67. The lowest BCUT2D eigenvalue weighted by Crippen LogP contribution is -2.07. The number of ether oxygens (including phenoxy) is 1. The smallest absolute Gasteiger partial charge is 0.248 e. The number of hydrogen-bond acceptors (Lipinski definition) is 2. The molecule has 0 heterocycles. The summed E-state index contributed by atoms with van der Waals surface area (Å²) >= 11 is 0. The lowest BCUT2D eigenvalue weighted by Gasteiger charge is -2.06. The minimum absolute atomic E-state index is 0.164. The Balaban J connectivity index is 2.04. The van der Waals surface area contributed by atoms with Gasteiger partial charge >= 0.3 is 0 Å². The molecular weight excluding hydrogens is 250 g/mol. The molecule has 2 rings (SSSR count). The first-order chi connectivity index (χ1) is 9.79. The molecule has 0 aliphatic carbocycles. The van der Waals surface area contributed by atoms with Crippen LogP contribution in [0.5, 0.6) is 5.75 Å². The normalized spacial score (nSPS) is 10.4. The minimum atomic E-state index is -0.164. The Hall–Kier alpha value is -2.55. The highest BCUT2D eigenvalue weighted by molar-refractivity contribution is 6.02. The highest BCUT2D eigenvalue weighted by Gasteiger charge is 2.00. The van der Waals surface area contributed by atoms with Gasteiger partial charge in [-0.3, -0.25) is 4.79 Å². The lowest BCUT2D eigenvalue weighted by molar-refractivity contribution is -0.111. The number of carbonyl (C=O) groups is 1. The van der Waals surface area contributed by atoms with E-state index >= 15 is 0 Å². The Kier molecular flexibility index (Phi) is 4.95. The molecule has 2 aromatic rings. The maximum absolute atomic E-state index is 11.8. The zero-order chi connectivity index (χ0) is 14.2. The van der Waals surface area contributed by atoms with Crippen molar-refractivity contribution in [3.05, 3.63) is 66.2 Å². The third-order valence-corrected chi connectivity index (χ3v) is 2.67. The monoisotopic (exact) mass is 267 g/mol. The third kappa shape index (κ3) is 3.99. The Bertz CT molecular complexity index is 591. The van der Waals surface area contributed by atoms with E-state index in [4.69, 9.17) is 4.74 Å². The van der Waals surface area contributed by atoms with Gasteiger partial charge in [-0.15, -0.1) is 0 Å². The van der Waals surface area contributed by atoms with E-state index in [1.807, 2.05) is 61.5 Å². The maximum atomic E-state index is 11.8. The molecule has 3 nitrogen and oxygen atoms in total. The Labute approximate surface area is 118 Å². The van der Waals surface area contributed by atoms with E-state index < -0.39 is 0 Å². The fourth-order valence-electron chi connectivity index (χ4n) is 1.78. The topological polar surface area (TPSA) is 38.3 Å². The molecule has 0 unspecified atom stereocenters. The number of hydrogen-bond donors (Lipinski definition) is 1. The van der Waals surface area contributed by atoms with Crippen LogP contribution in [-0.4, -0.2) is 12.5 Å². The maximum Gasteiger partial charge on any atom is 0.248 e. The summed E-state index contributed by atoms with van der Waals surface area (Å²) in [6, 6.07) is 17.0. The molecule has 1 amide bonds. The molecule has 0 atom stereocenters. The average molecular weight is 267 g/mol. The molecule has 0 spiro atoms. The number of amides is 1. The van der Waals surface area contributed by atoms with Crippen molar-refractivity contribution in [2.24, 2.45) is 0 Å². The van der Waals surface area contributed by atoms with Crippen molar-refractivity contribution in [1.29, 1.82) is 0 Å². The number of carbonyl (C=O) groups excluding carboxylic acids is 1. The first kappa shape index (κ1) is 13.9. The molecule has 0 aliphatic rings. The summed E-state index contributed by atoms with van der Waals surface area (Å²) < 4.78 is 5.50. The van der Waals surface area contributed by atoms with Crippen molar-refractivity contribution in [2.45, 2.75) is 6.92 Å². The quantitative estimate of drug-likeness (QED) is 0.838. The van der Waals surface area contributed by atoms with E-state index in [9.17, 15) is 4.79 Å². The zero-order valence-corrected chi connectivity index (χ0v) is 11.4. The van der Waals surface area contributed by atoms with Gasteiger partial charge in [0.2, 0.25) is 5.91 Å². The Morgan fingerprint density at radius 3 is 2.55 bits per heavy atom. The van der Waals surface area contributed by atoms with Crippen LogP contribution in [0.15, 0.2) is 60.7 Å². The van der Waals surface area contributed by atoms with Crippen molar-refractivity contribution in [3.8, 4) is 5.75 Å². The van der Waals surface area contributed by atoms with E-state index in [2.05, 4.69) is 5.32 Å². The van der Waals surface area contributed by atoms with E-state index in [0.29, 0.717) is 6.61 Å². The van der Waals surface area contributed by atoms with E-state index in [-0.39, 0.29) is 5.91 Å². The Morgan fingerprint density at radius 1 is 1.10 bits per heavy atom. The van der Waals surface area contributed by atoms with Crippen LogP contribution in [0.3, 0.4) is 0 Å². The standard InChI is InChI=1S/C17H17NO2/c1-2-20-16-11-7-6-8-14(16)12-13-17(19)18-15-9-4-3-5-10-15/h3-13H,2H2,1H3,(H,18,19)/b13-12+. The van der Waals surface area contributed by atoms with Crippen molar-refractivity contribution < 1.29 is 9.53 Å². The van der Waals surface area contributed by atoms with Crippen LogP contribution in [0.25, 0.3) is 6.08 Å². The summed E-state index contributed by atoms with van der Waals surface area (Å²) in [5, 5.41) is 2.80. The molecule has 0 aliphatic heterocycles. The van der Waals surface area contributed by atoms with E-state index in [1.165, 1.54) is 6.08 Å². The summed E-state index contributed by atoms with van der Waals surface area (Å²) in [5.74, 6) is 0.612. The van der Waals surface area contributed by atoms with Gasteiger partial charge in [0.05, 0.1) is 6.61 Å². The molecule has 2 aromatic carbocycles. The minimum Gasteiger partial charge on any atom is -0.493 e. The van der Waals surface area contributed by atoms with Gasteiger partial charge in [-0.1, -0.05) is 36.4 Å². The van der Waals surface area contributed by atoms with Crippen LogP contribution in [0, 0.1) is 0 Å². The number of para-hydroxylation sites is 2. The summed E-state index contributed by atoms with van der Waals surface area (Å²) in [6.45, 7) is 2.53. The van der Waals surface area contributed by atoms with E-state index in [0.717, 1.165) is 17.0 Å². The second-order valence-electron chi connectivity index (χ2n) is 4.16. The summed E-state index contributed by atoms with van der Waals surface area (Å²) in [6.07, 6.45) is 3.26. The van der Waals surface area contributed by atoms with Gasteiger partial charge in [-0.05, 0) is 31.2 Å². The van der Waals surface area contributed by atoms with Gasteiger partial charge in [0.1, 0.15) is 5.75 Å². The van der Waals surface area contributed by atoms with Crippen LogP contribution >= 0.6 is 0 Å². The second kappa shape index (κ2) is 7.14. The van der Waals surface area contributed by atoms with Gasteiger partial charge in [0.25, 0.3) is 0 Å². The molecule has 3 heteroatoms. The molecule has 0 fully saturated rings. The van der Waals surface area contributed by atoms with Gasteiger partial charge < -0.3 is 10.1 Å². The van der Waals surface area contributed by atoms with Crippen LogP contribution in [0.2, 0.25) is 0 Å². The van der Waals surface area contributed by atoms with Crippen LogP contribution < -0.4 is 10.1 Å². The van der Waals surface area contributed by atoms with Crippen molar-refractivity contribution in [2.75, 3.05) is 11.9 Å². The van der Waals surface area contributed by atoms with Gasteiger partial charge in [-0.25, -0.2) is 0 Å². The molecule has 102 valence electrons. The van der Waals surface area contributed by atoms with Crippen molar-refractivity contribution >= 4 is 17.7 Å². The summed E-state index contributed by atoms with van der Waals surface area (Å²) in [4.78, 5) is 11.8. The highest BCUT2D eigenvalue weighted by atomic mass is 16.5. The number of benzene rings is 2. The number of anilines is 1. The average Bonchev–Trinajstić information content (AvgIpc) is 2.48. The predicted molar refractivity (Wildman–Crippen MR) is 81.7 cm³/mol. The number of nitrogens with one attached hydrogen (secondary N) is 1. The van der Waals surface area contributed by atoms with E-state index in [1.54, 1.807) is 6.08 Å². The lowest BCUT2D eigenvalue weighted by atomic mass is 10.2. The number of rotatable bonds is 5.